The van der Waals surface area contributed by atoms with Crippen molar-refractivity contribution in [2.45, 2.75) is 26.0 Å². The van der Waals surface area contributed by atoms with Crippen molar-refractivity contribution in [2.75, 3.05) is 6.54 Å². The highest BCUT2D eigenvalue weighted by molar-refractivity contribution is 9.10. The van der Waals surface area contributed by atoms with Crippen LogP contribution >= 0.6 is 15.9 Å². The zero-order valence-corrected chi connectivity index (χ0v) is 9.89. The summed E-state index contributed by atoms with van der Waals surface area (Å²) in [6.07, 6.45) is 1.76. The number of nitrogens with one attached hydrogen (secondary N) is 1. The molecule has 4 heteroatoms. The lowest BCUT2D eigenvalue weighted by atomic mass is 10.1. The number of hydrogen-bond acceptors (Lipinski definition) is 3. The Hall–Kier alpha value is -0.610. The summed E-state index contributed by atoms with van der Waals surface area (Å²) in [5.74, 6) is 0.739. The smallest absolute Gasteiger partial charge is 0.218 e. The maximum Gasteiger partial charge on any atom is 0.218 e. The Kier molecular flexibility index (Phi) is 2.49. The van der Waals surface area contributed by atoms with E-state index in [0.717, 1.165) is 29.0 Å². The molecule has 0 saturated carbocycles. The van der Waals surface area contributed by atoms with Gasteiger partial charge in [-0.15, -0.1) is 0 Å². The van der Waals surface area contributed by atoms with Crippen LogP contribution in [0.1, 0.15) is 19.4 Å². The second-order valence-electron chi connectivity index (χ2n) is 4.08. The van der Waals surface area contributed by atoms with Gasteiger partial charge in [-0.25, -0.2) is 4.98 Å². The van der Waals surface area contributed by atoms with E-state index in [-0.39, 0.29) is 5.60 Å². The van der Waals surface area contributed by atoms with Crippen molar-refractivity contribution < 1.29 is 4.74 Å². The molecule has 2 heterocycles. The third-order valence-electron chi connectivity index (χ3n) is 2.13. The summed E-state index contributed by atoms with van der Waals surface area (Å²) < 4.78 is 6.79. The third kappa shape index (κ3) is 2.07. The van der Waals surface area contributed by atoms with E-state index in [4.69, 9.17) is 4.74 Å². The van der Waals surface area contributed by atoms with Crippen LogP contribution < -0.4 is 10.1 Å². The molecule has 0 saturated heterocycles. The van der Waals surface area contributed by atoms with Gasteiger partial charge in [0.05, 0.1) is 0 Å². The number of hydrogen-bond donors (Lipinski definition) is 1. The molecule has 0 aliphatic carbocycles. The minimum absolute atomic E-state index is 0.188. The minimum atomic E-state index is -0.188. The maximum absolute atomic E-state index is 5.80. The number of aromatic nitrogens is 1. The predicted molar refractivity (Wildman–Crippen MR) is 58.4 cm³/mol. The fraction of sp³-hybridized carbons (Fsp3) is 0.500. The molecule has 1 aliphatic heterocycles. The standard InChI is InChI=1S/C10H13BrN2O/c1-10(2)6-12-4-7-3-8(11)5-13-9(7)14-10/h3,5,12H,4,6H2,1-2H3. The molecule has 0 radical (unpaired) electrons. The third-order valence-corrected chi connectivity index (χ3v) is 2.56. The quantitative estimate of drug-likeness (QED) is 0.772. The van der Waals surface area contributed by atoms with Crippen molar-refractivity contribution in [3.8, 4) is 5.88 Å². The molecule has 1 aliphatic rings. The van der Waals surface area contributed by atoms with Gasteiger partial charge >= 0.3 is 0 Å². The van der Waals surface area contributed by atoms with E-state index in [1.54, 1.807) is 6.20 Å². The van der Waals surface area contributed by atoms with E-state index < -0.39 is 0 Å². The number of rotatable bonds is 0. The summed E-state index contributed by atoms with van der Waals surface area (Å²) >= 11 is 3.40. The van der Waals surface area contributed by atoms with Crippen molar-refractivity contribution in [3.63, 3.8) is 0 Å². The van der Waals surface area contributed by atoms with Crippen LogP contribution in [0.3, 0.4) is 0 Å². The van der Waals surface area contributed by atoms with Gasteiger partial charge in [-0.2, -0.15) is 0 Å². The summed E-state index contributed by atoms with van der Waals surface area (Å²) in [7, 11) is 0. The van der Waals surface area contributed by atoms with Gasteiger partial charge in [0, 0.05) is 29.3 Å². The zero-order valence-electron chi connectivity index (χ0n) is 8.30. The van der Waals surface area contributed by atoms with E-state index in [2.05, 4.69) is 40.1 Å². The van der Waals surface area contributed by atoms with E-state index in [0.29, 0.717) is 0 Å². The largest absolute Gasteiger partial charge is 0.470 e. The van der Waals surface area contributed by atoms with Gasteiger partial charge < -0.3 is 10.1 Å². The van der Waals surface area contributed by atoms with E-state index >= 15 is 0 Å². The van der Waals surface area contributed by atoms with Crippen molar-refractivity contribution in [1.29, 1.82) is 0 Å². The van der Waals surface area contributed by atoms with Crippen molar-refractivity contribution >= 4 is 15.9 Å². The Balaban J connectivity index is 2.37. The van der Waals surface area contributed by atoms with Crippen LogP contribution in [-0.2, 0) is 6.54 Å². The number of fused-ring (bicyclic) bond motifs is 1. The van der Waals surface area contributed by atoms with Gasteiger partial charge in [0.25, 0.3) is 0 Å². The van der Waals surface area contributed by atoms with Crippen molar-refractivity contribution in [1.82, 2.24) is 10.3 Å². The molecular weight excluding hydrogens is 244 g/mol. The highest BCUT2D eigenvalue weighted by atomic mass is 79.9. The first kappa shape index (κ1) is 9.93. The van der Waals surface area contributed by atoms with Crippen LogP contribution in [0.2, 0.25) is 0 Å². The van der Waals surface area contributed by atoms with Gasteiger partial charge in [-0.05, 0) is 35.8 Å². The first-order valence-corrected chi connectivity index (χ1v) is 5.40. The summed E-state index contributed by atoms with van der Waals surface area (Å²) in [5.41, 5.74) is 0.913. The maximum atomic E-state index is 5.80. The molecule has 0 fully saturated rings. The van der Waals surface area contributed by atoms with Gasteiger partial charge in [0.2, 0.25) is 5.88 Å². The highest BCUT2D eigenvalue weighted by Crippen LogP contribution is 2.25. The molecule has 0 aromatic carbocycles. The van der Waals surface area contributed by atoms with Crippen LogP contribution in [0.25, 0.3) is 0 Å². The molecule has 0 bridgehead atoms. The van der Waals surface area contributed by atoms with Gasteiger partial charge in [-0.3, -0.25) is 0 Å². The lowest BCUT2D eigenvalue weighted by molar-refractivity contribution is 0.109. The fourth-order valence-corrected chi connectivity index (χ4v) is 1.86. The first-order valence-electron chi connectivity index (χ1n) is 4.61. The molecule has 3 nitrogen and oxygen atoms in total. The van der Waals surface area contributed by atoms with Crippen molar-refractivity contribution in [3.05, 3.63) is 22.3 Å². The molecule has 1 aromatic rings. The topological polar surface area (TPSA) is 34.2 Å². The predicted octanol–water partition coefficient (Wildman–Crippen LogP) is 2.10. The van der Waals surface area contributed by atoms with Gasteiger partial charge in [0.15, 0.2) is 0 Å². The summed E-state index contributed by atoms with van der Waals surface area (Å²) in [4.78, 5) is 4.27. The number of ether oxygens (including phenoxy) is 1. The lowest BCUT2D eigenvalue weighted by Crippen LogP contribution is -2.37. The molecule has 0 atom stereocenters. The monoisotopic (exact) mass is 256 g/mol. The summed E-state index contributed by atoms with van der Waals surface area (Å²) in [6, 6.07) is 2.04. The van der Waals surface area contributed by atoms with Crippen LogP contribution in [0, 0.1) is 0 Å². The second kappa shape index (κ2) is 3.51. The number of nitrogens with zero attached hydrogens (tertiary/aromatic N) is 1. The molecule has 0 amide bonds. The summed E-state index contributed by atoms with van der Waals surface area (Å²) in [6.45, 7) is 5.75. The SMILES string of the molecule is CC1(C)CNCc2cc(Br)cnc2O1. The van der Waals surface area contributed by atoms with Crippen LogP contribution in [0.5, 0.6) is 5.88 Å². The van der Waals surface area contributed by atoms with Crippen molar-refractivity contribution in [2.24, 2.45) is 0 Å². The molecule has 2 rings (SSSR count). The molecule has 0 unspecified atom stereocenters. The molecule has 14 heavy (non-hydrogen) atoms. The lowest BCUT2D eigenvalue weighted by Gasteiger charge is -2.23. The molecule has 1 aromatic heterocycles. The molecule has 0 spiro atoms. The molecular formula is C10H13BrN2O. The van der Waals surface area contributed by atoms with E-state index in [1.807, 2.05) is 6.07 Å². The van der Waals surface area contributed by atoms with Crippen LogP contribution in [0.15, 0.2) is 16.7 Å². The highest BCUT2D eigenvalue weighted by Gasteiger charge is 2.24. The number of pyridine rings is 1. The van der Waals surface area contributed by atoms with Crippen LogP contribution in [-0.4, -0.2) is 17.1 Å². The minimum Gasteiger partial charge on any atom is -0.470 e. The van der Waals surface area contributed by atoms with E-state index in [9.17, 15) is 0 Å². The van der Waals surface area contributed by atoms with E-state index in [1.165, 1.54) is 0 Å². The second-order valence-corrected chi connectivity index (χ2v) is 5.00. The Bertz CT molecular complexity index is 352. The van der Waals surface area contributed by atoms with Gasteiger partial charge in [0.1, 0.15) is 5.60 Å². The zero-order chi connectivity index (χ0) is 10.2. The first-order chi connectivity index (χ1) is 6.57. The average Bonchev–Trinajstić information content (AvgIpc) is 2.22. The normalized spacial score (nSPS) is 19.4. The average molecular weight is 257 g/mol. The fourth-order valence-electron chi connectivity index (χ4n) is 1.48. The Morgan fingerprint density at radius 2 is 2.36 bits per heavy atom. The van der Waals surface area contributed by atoms with Crippen LogP contribution in [0.4, 0.5) is 0 Å². The van der Waals surface area contributed by atoms with Gasteiger partial charge in [-0.1, -0.05) is 0 Å². The Morgan fingerprint density at radius 3 is 3.14 bits per heavy atom. The Labute approximate surface area is 92.0 Å². The summed E-state index contributed by atoms with van der Waals surface area (Å²) in [5, 5.41) is 3.34. The molecule has 76 valence electrons. The Morgan fingerprint density at radius 1 is 1.57 bits per heavy atom. The molecule has 1 N–H and O–H groups in total. The number of halogens is 1.